The highest BCUT2D eigenvalue weighted by Crippen LogP contribution is 2.47. The largest absolute Gasteiger partial charge is 0.464 e. The van der Waals surface area contributed by atoms with E-state index in [0.29, 0.717) is 13.0 Å². The smallest absolute Gasteiger partial charge is 0.329 e. The van der Waals surface area contributed by atoms with Crippen LogP contribution in [0.5, 0.6) is 0 Å². The molecule has 0 saturated carbocycles. The minimum absolute atomic E-state index is 0.154. The fourth-order valence-electron chi connectivity index (χ4n) is 4.89. The van der Waals surface area contributed by atoms with Crippen LogP contribution in [0.3, 0.4) is 0 Å². The molecule has 0 spiro atoms. The summed E-state index contributed by atoms with van der Waals surface area (Å²) in [5, 5.41) is 0. The fourth-order valence-corrected chi connectivity index (χ4v) is 4.89. The molecule has 0 aliphatic carbocycles. The monoisotopic (exact) mass is 402 g/mol. The standard InChI is InChI=1S/C23H34N2O4/c1-5-28-22(27)20-17(23(2,3)4)18(24)19(15-11-7-6-8-12-15)25(20)21(26)16-13-9-10-14-29-16/h6-8,11-12,16-20H,5,9-10,13-14,24H2,1-4H3/t16-,17-,18-,19-,20-/m1/s1. The van der Waals surface area contributed by atoms with E-state index in [0.717, 1.165) is 18.4 Å². The number of nitrogens with two attached hydrogens (primary N) is 1. The molecule has 0 bridgehead atoms. The molecule has 2 N–H and O–H groups in total. The minimum Gasteiger partial charge on any atom is -0.464 e. The van der Waals surface area contributed by atoms with Crippen LogP contribution in [0.25, 0.3) is 0 Å². The number of benzene rings is 1. The number of esters is 1. The van der Waals surface area contributed by atoms with Crippen molar-refractivity contribution >= 4 is 11.9 Å². The van der Waals surface area contributed by atoms with Crippen molar-refractivity contribution in [3.8, 4) is 0 Å². The molecule has 6 nitrogen and oxygen atoms in total. The number of carbonyl (C=O) groups excluding carboxylic acids is 2. The van der Waals surface area contributed by atoms with Crippen LogP contribution < -0.4 is 5.73 Å². The maximum atomic E-state index is 13.7. The third kappa shape index (κ3) is 4.33. The van der Waals surface area contributed by atoms with Crippen molar-refractivity contribution in [1.82, 2.24) is 4.90 Å². The molecule has 0 aromatic heterocycles. The predicted molar refractivity (Wildman–Crippen MR) is 111 cm³/mol. The summed E-state index contributed by atoms with van der Waals surface area (Å²) in [6.45, 7) is 8.81. The van der Waals surface area contributed by atoms with Crippen LogP contribution in [-0.4, -0.2) is 48.2 Å². The second kappa shape index (κ2) is 8.84. The van der Waals surface area contributed by atoms with E-state index in [-0.39, 0.29) is 35.9 Å². The molecule has 1 aromatic rings. The Morgan fingerprint density at radius 2 is 1.90 bits per heavy atom. The molecule has 2 saturated heterocycles. The van der Waals surface area contributed by atoms with Gasteiger partial charge in [-0.3, -0.25) is 4.79 Å². The van der Waals surface area contributed by atoms with E-state index in [1.165, 1.54) is 0 Å². The Labute approximate surface area is 173 Å². The number of rotatable bonds is 4. The number of nitrogens with zero attached hydrogens (tertiary/aromatic N) is 1. The van der Waals surface area contributed by atoms with Gasteiger partial charge >= 0.3 is 5.97 Å². The maximum Gasteiger partial charge on any atom is 0.329 e. The molecule has 2 aliphatic rings. The topological polar surface area (TPSA) is 81.9 Å². The average Bonchev–Trinajstić information content (AvgIpc) is 3.02. The Bertz CT molecular complexity index is 709. The van der Waals surface area contributed by atoms with Gasteiger partial charge in [0.1, 0.15) is 12.1 Å². The second-order valence-corrected chi connectivity index (χ2v) is 9.12. The average molecular weight is 403 g/mol. The molecule has 1 aromatic carbocycles. The molecule has 5 atom stereocenters. The van der Waals surface area contributed by atoms with E-state index >= 15 is 0 Å². The van der Waals surface area contributed by atoms with Crippen LogP contribution in [0, 0.1) is 11.3 Å². The van der Waals surface area contributed by atoms with Gasteiger partial charge in [0.15, 0.2) is 0 Å². The van der Waals surface area contributed by atoms with Crippen LogP contribution in [0.4, 0.5) is 0 Å². The molecule has 1 amide bonds. The van der Waals surface area contributed by atoms with Crippen molar-refractivity contribution < 1.29 is 19.1 Å². The molecule has 2 aliphatic heterocycles. The quantitative estimate of drug-likeness (QED) is 0.783. The van der Waals surface area contributed by atoms with Crippen molar-refractivity contribution in [2.75, 3.05) is 13.2 Å². The Kier molecular flexibility index (Phi) is 6.64. The zero-order chi connectivity index (χ0) is 21.2. The second-order valence-electron chi connectivity index (χ2n) is 9.12. The molecule has 6 heteroatoms. The molecule has 2 heterocycles. The highest BCUT2D eigenvalue weighted by molar-refractivity contribution is 5.89. The van der Waals surface area contributed by atoms with Crippen molar-refractivity contribution in [2.24, 2.45) is 17.1 Å². The van der Waals surface area contributed by atoms with E-state index < -0.39 is 18.2 Å². The number of likely N-dealkylation sites (tertiary alicyclic amines) is 1. The molecule has 160 valence electrons. The SMILES string of the molecule is CCOC(=O)[C@H]1[C@H](C(C)(C)C)[C@@H](N)[C@@H](c2ccccc2)N1C(=O)[C@H]1CCCCO1. The van der Waals surface area contributed by atoms with E-state index in [9.17, 15) is 9.59 Å². The van der Waals surface area contributed by atoms with Gasteiger partial charge < -0.3 is 20.1 Å². The number of hydrogen-bond acceptors (Lipinski definition) is 5. The minimum atomic E-state index is -0.729. The fraction of sp³-hybridized carbons (Fsp3) is 0.652. The molecule has 3 rings (SSSR count). The van der Waals surface area contributed by atoms with Gasteiger partial charge in [0.05, 0.1) is 12.6 Å². The third-order valence-corrected chi connectivity index (χ3v) is 6.10. The lowest BCUT2D eigenvalue weighted by molar-refractivity contribution is -0.162. The Hall–Kier alpha value is -1.92. The van der Waals surface area contributed by atoms with Gasteiger partial charge in [-0.05, 0) is 37.2 Å². The number of amides is 1. The third-order valence-electron chi connectivity index (χ3n) is 6.10. The Balaban J connectivity index is 2.09. The van der Waals surface area contributed by atoms with Crippen LogP contribution in [0.1, 0.15) is 58.6 Å². The van der Waals surface area contributed by atoms with Gasteiger partial charge in [-0.15, -0.1) is 0 Å². The zero-order valence-electron chi connectivity index (χ0n) is 18.0. The molecule has 2 fully saturated rings. The summed E-state index contributed by atoms with van der Waals surface area (Å²) in [4.78, 5) is 28.5. The van der Waals surface area contributed by atoms with Crippen LogP contribution in [0.15, 0.2) is 30.3 Å². The summed E-state index contributed by atoms with van der Waals surface area (Å²) in [6.07, 6.45) is 2.04. The van der Waals surface area contributed by atoms with Gasteiger partial charge in [-0.1, -0.05) is 51.1 Å². The van der Waals surface area contributed by atoms with Crippen LogP contribution in [-0.2, 0) is 19.1 Å². The first-order valence-electron chi connectivity index (χ1n) is 10.7. The Morgan fingerprint density at radius 1 is 1.21 bits per heavy atom. The Morgan fingerprint density at radius 3 is 2.45 bits per heavy atom. The summed E-state index contributed by atoms with van der Waals surface area (Å²) in [7, 11) is 0. The first-order chi connectivity index (χ1) is 13.8. The molecule has 0 unspecified atom stereocenters. The normalized spacial score (nSPS) is 30.2. The highest BCUT2D eigenvalue weighted by Gasteiger charge is 2.58. The van der Waals surface area contributed by atoms with Crippen LogP contribution >= 0.6 is 0 Å². The highest BCUT2D eigenvalue weighted by atomic mass is 16.5. The van der Waals surface area contributed by atoms with Crippen LogP contribution in [0.2, 0.25) is 0 Å². The molecule has 29 heavy (non-hydrogen) atoms. The van der Waals surface area contributed by atoms with Gasteiger partial charge in [-0.2, -0.15) is 0 Å². The van der Waals surface area contributed by atoms with Crippen molar-refractivity contribution in [2.45, 2.75) is 71.2 Å². The molecular formula is C23H34N2O4. The zero-order valence-corrected chi connectivity index (χ0v) is 18.0. The number of carbonyl (C=O) groups is 2. The lowest BCUT2D eigenvalue weighted by atomic mass is 9.73. The van der Waals surface area contributed by atoms with Gasteiger partial charge in [0.25, 0.3) is 5.91 Å². The number of ether oxygens (including phenoxy) is 2. The summed E-state index contributed by atoms with van der Waals surface area (Å²) >= 11 is 0. The molecule has 0 radical (unpaired) electrons. The first kappa shape index (κ1) is 21.8. The maximum absolute atomic E-state index is 13.7. The van der Waals surface area contributed by atoms with E-state index in [4.69, 9.17) is 15.2 Å². The van der Waals surface area contributed by atoms with Gasteiger partial charge in [-0.25, -0.2) is 4.79 Å². The van der Waals surface area contributed by atoms with E-state index in [1.54, 1.807) is 11.8 Å². The summed E-state index contributed by atoms with van der Waals surface area (Å²) in [5.41, 5.74) is 7.43. The van der Waals surface area contributed by atoms with Gasteiger partial charge in [0.2, 0.25) is 0 Å². The van der Waals surface area contributed by atoms with E-state index in [2.05, 4.69) is 20.8 Å². The number of hydrogen-bond donors (Lipinski definition) is 1. The molecular weight excluding hydrogens is 368 g/mol. The van der Waals surface area contributed by atoms with E-state index in [1.807, 2.05) is 30.3 Å². The lowest BCUT2D eigenvalue weighted by Crippen LogP contribution is -2.51. The summed E-state index contributed by atoms with van der Waals surface area (Å²) in [5.74, 6) is -0.774. The van der Waals surface area contributed by atoms with Crippen molar-refractivity contribution in [1.29, 1.82) is 0 Å². The van der Waals surface area contributed by atoms with Gasteiger partial charge in [0, 0.05) is 18.6 Å². The van der Waals surface area contributed by atoms with Crippen molar-refractivity contribution in [3.05, 3.63) is 35.9 Å². The summed E-state index contributed by atoms with van der Waals surface area (Å²) in [6, 6.07) is 8.24. The van der Waals surface area contributed by atoms with Crippen molar-refractivity contribution in [3.63, 3.8) is 0 Å². The predicted octanol–water partition coefficient (Wildman–Crippen LogP) is 3.06. The summed E-state index contributed by atoms with van der Waals surface area (Å²) < 4.78 is 11.2. The first-order valence-corrected chi connectivity index (χ1v) is 10.7. The lowest BCUT2D eigenvalue weighted by Gasteiger charge is -2.36.